The Balaban J connectivity index is 2.74. The van der Waals surface area contributed by atoms with E-state index in [1.54, 1.807) is 7.11 Å². The SMILES string of the molecule is COCCNCCNS(=O)(=O)c1ccc(C(=O)OC)c(OC)c1. The number of nitrogens with one attached hydrogen (secondary N) is 2. The predicted molar refractivity (Wildman–Crippen MR) is 84.3 cm³/mol. The molecular formula is C14H22N2O6S. The molecule has 0 saturated carbocycles. The topological polar surface area (TPSA) is 103 Å². The van der Waals surface area contributed by atoms with Crippen molar-refractivity contribution in [2.45, 2.75) is 4.90 Å². The summed E-state index contributed by atoms with van der Waals surface area (Å²) in [5.41, 5.74) is 0.162. The molecule has 9 heteroatoms. The lowest BCUT2D eigenvalue weighted by molar-refractivity contribution is 0.0597. The van der Waals surface area contributed by atoms with E-state index in [4.69, 9.17) is 9.47 Å². The number of ether oxygens (including phenoxy) is 3. The summed E-state index contributed by atoms with van der Waals surface area (Å²) < 4.78 is 41.4. The zero-order valence-corrected chi connectivity index (χ0v) is 14.2. The number of sulfonamides is 1. The lowest BCUT2D eigenvalue weighted by Crippen LogP contribution is -2.33. The van der Waals surface area contributed by atoms with Gasteiger partial charge >= 0.3 is 5.97 Å². The Kier molecular flexibility index (Phi) is 7.96. The van der Waals surface area contributed by atoms with Crippen molar-refractivity contribution in [1.29, 1.82) is 0 Å². The Bertz CT molecular complexity index is 618. The molecule has 2 N–H and O–H groups in total. The number of rotatable bonds is 10. The molecule has 0 bridgehead atoms. The maximum Gasteiger partial charge on any atom is 0.341 e. The second kappa shape index (κ2) is 9.46. The van der Waals surface area contributed by atoms with Gasteiger partial charge in [0.2, 0.25) is 10.0 Å². The number of benzene rings is 1. The highest BCUT2D eigenvalue weighted by Gasteiger charge is 2.19. The fourth-order valence-electron chi connectivity index (χ4n) is 1.77. The van der Waals surface area contributed by atoms with Gasteiger partial charge in [0.15, 0.2) is 0 Å². The summed E-state index contributed by atoms with van der Waals surface area (Å²) >= 11 is 0. The van der Waals surface area contributed by atoms with Crippen molar-refractivity contribution in [3.05, 3.63) is 23.8 Å². The monoisotopic (exact) mass is 346 g/mol. The van der Waals surface area contributed by atoms with Crippen LogP contribution in [-0.4, -0.2) is 62.0 Å². The molecule has 0 aliphatic heterocycles. The smallest absolute Gasteiger partial charge is 0.341 e. The van der Waals surface area contributed by atoms with E-state index in [1.165, 1.54) is 32.4 Å². The largest absolute Gasteiger partial charge is 0.496 e. The van der Waals surface area contributed by atoms with E-state index in [1.807, 2.05) is 0 Å². The molecule has 0 unspecified atom stereocenters. The highest BCUT2D eigenvalue weighted by Crippen LogP contribution is 2.23. The third kappa shape index (κ3) is 5.79. The molecule has 0 aliphatic carbocycles. The molecule has 0 saturated heterocycles. The van der Waals surface area contributed by atoms with Gasteiger partial charge in [-0.05, 0) is 12.1 Å². The second-order valence-electron chi connectivity index (χ2n) is 4.49. The van der Waals surface area contributed by atoms with Crippen molar-refractivity contribution in [2.75, 3.05) is 47.6 Å². The summed E-state index contributed by atoms with van der Waals surface area (Å²) in [6.45, 7) is 1.89. The first-order chi connectivity index (χ1) is 11.0. The standard InChI is InChI=1S/C14H22N2O6S/c1-20-9-8-15-6-7-16-23(18,19)11-4-5-12(14(17)22-3)13(10-11)21-2/h4-5,10,15-16H,6-9H2,1-3H3. The van der Waals surface area contributed by atoms with Crippen molar-refractivity contribution >= 4 is 16.0 Å². The van der Waals surface area contributed by atoms with Gasteiger partial charge in [0.25, 0.3) is 0 Å². The summed E-state index contributed by atoms with van der Waals surface area (Å²) in [6.07, 6.45) is 0. The molecule has 0 spiro atoms. The van der Waals surface area contributed by atoms with Gasteiger partial charge in [0, 0.05) is 32.8 Å². The van der Waals surface area contributed by atoms with Crippen LogP contribution in [0.1, 0.15) is 10.4 Å². The molecule has 1 aromatic carbocycles. The summed E-state index contributed by atoms with van der Waals surface area (Å²) in [6, 6.07) is 3.97. The molecule has 0 radical (unpaired) electrons. The number of carbonyl (C=O) groups excluding carboxylic acids is 1. The van der Waals surface area contributed by atoms with Crippen LogP contribution >= 0.6 is 0 Å². The zero-order chi connectivity index (χ0) is 17.3. The molecule has 0 heterocycles. The number of hydrogen-bond donors (Lipinski definition) is 2. The van der Waals surface area contributed by atoms with Crippen LogP contribution in [-0.2, 0) is 19.5 Å². The predicted octanol–water partition coefficient (Wildman–Crippen LogP) is -0.00390. The molecule has 0 fully saturated rings. The maximum atomic E-state index is 12.2. The zero-order valence-electron chi connectivity index (χ0n) is 13.4. The Hall–Kier alpha value is -1.68. The van der Waals surface area contributed by atoms with E-state index in [0.717, 1.165) is 0 Å². The minimum Gasteiger partial charge on any atom is -0.496 e. The maximum absolute atomic E-state index is 12.2. The summed E-state index contributed by atoms with van der Waals surface area (Å²) in [5.74, 6) is -0.459. The van der Waals surface area contributed by atoms with Crippen molar-refractivity contribution in [3.8, 4) is 5.75 Å². The molecular weight excluding hydrogens is 324 g/mol. The van der Waals surface area contributed by atoms with Gasteiger partial charge in [-0.1, -0.05) is 0 Å². The van der Waals surface area contributed by atoms with Gasteiger partial charge < -0.3 is 19.5 Å². The Morgan fingerprint density at radius 1 is 1.13 bits per heavy atom. The third-order valence-electron chi connectivity index (χ3n) is 2.97. The number of methoxy groups -OCH3 is 3. The van der Waals surface area contributed by atoms with Crippen molar-refractivity contribution < 1.29 is 27.4 Å². The van der Waals surface area contributed by atoms with Crippen LogP contribution in [0.4, 0.5) is 0 Å². The molecule has 1 rings (SSSR count). The van der Waals surface area contributed by atoms with Gasteiger partial charge in [0.05, 0.1) is 25.7 Å². The van der Waals surface area contributed by atoms with Crippen LogP contribution in [0.3, 0.4) is 0 Å². The summed E-state index contributed by atoms with van der Waals surface area (Å²) in [7, 11) is 0.498. The fraction of sp³-hybridized carbons (Fsp3) is 0.500. The number of carbonyl (C=O) groups is 1. The fourth-order valence-corrected chi connectivity index (χ4v) is 2.82. The summed E-state index contributed by atoms with van der Waals surface area (Å²) in [4.78, 5) is 11.6. The Morgan fingerprint density at radius 2 is 1.87 bits per heavy atom. The molecule has 8 nitrogen and oxygen atoms in total. The summed E-state index contributed by atoms with van der Waals surface area (Å²) in [5, 5.41) is 3.03. The minimum atomic E-state index is -3.69. The van der Waals surface area contributed by atoms with Gasteiger partial charge in [-0.2, -0.15) is 0 Å². The van der Waals surface area contributed by atoms with Crippen LogP contribution < -0.4 is 14.8 Å². The lowest BCUT2D eigenvalue weighted by atomic mass is 10.2. The van der Waals surface area contributed by atoms with Crippen molar-refractivity contribution in [1.82, 2.24) is 10.0 Å². The average molecular weight is 346 g/mol. The van der Waals surface area contributed by atoms with E-state index in [-0.39, 0.29) is 22.8 Å². The van der Waals surface area contributed by atoms with Gasteiger partial charge in [-0.25, -0.2) is 17.9 Å². The van der Waals surface area contributed by atoms with Crippen LogP contribution in [0, 0.1) is 0 Å². The lowest BCUT2D eigenvalue weighted by Gasteiger charge is -2.11. The van der Waals surface area contributed by atoms with E-state index in [2.05, 4.69) is 14.8 Å². The van der Waals surface area contributed by atoms with E-state index in [0.29, 0.717) is 19.7 Å². The van der Waals surface area contributed by atoms with E-state index in [9.17, 15) is 13.2 Å². The first kappa shape index (κ1) is 19.4. The molecule has 23 heavy (non-hydrogen) atoms. The molecule has 130 valence electrons. The third-order valence-corrected chi connectivity index (χ3v) is 4.42. The van der Waals surface area contributed by atoms with E-state index >= 15 is 0 Å². The number of esters is 1. The first-order valence-corrected chi connectivity index (χ1v) is 8.40. The average Bonchev–Trinajstić information content (AvgIpc) is 2.56. The van der Waals surface area contributed by atoms with Crippen molar-refractivity contribution in [3.63, 3.8) is 0 Å². The van der Waals surface area contributed by atoms with Crippen molar-refractivity contribution in [2.24, 2.45) is 0 Å². The van der Waals surface area contributed by atoms with Crippen LogP contribution in [0.2, 0.25) is 0 Å². The minimum absolute atomic E-state index is 0.0129. The highest BCUT2D eigenvalue weighted by molar-refractivity contribution is 7.89. The molecule has 0 atom stereocenters. The first-order valence-electron chi connectivity index (χ1n) is 6.92. The molecule has 0 aliphatic rings. The van der Waals surface area contributed by atoms with Gasteiger partial charge in [-0.15, -0.1) is 0 Å². The Labute approximate surface area is 136 Å². The van der Waals surface area contributed by atoms with E-state index < -0.39 is 16.0 Å². The molecule has 0 amide bonds. The van der Waals surface area contributed by atoms with Crippen LogP contribution in [0.25, 0.3) is 0 Å². The number of hydrogen-bond acceptors (Lipinski definition) is 7. The second-order valence-corrected chi connectivity index (χ2v) is 6.26. The molecule has 1 aromatic rings. The quantitative estimate of drug-likeness (QED) is 0.454. The van der Waals surface area contributed by atoms with Gasteiger partial charge in [-0.3, -0.25) is 0 Å². The molecule has 0 aromatic heterocycles. The normalized spacial score (nSPS) is 11.3. The van der Waals surface area contributed by atoms with Gasteiger partial charge in [0.1, 0.15) is 11.3 Å². The van der Waals surface area contributed by atoms with Crippen LogP contribution in [0.15, 0.2) is 23.1 Å². The Morgan fingerprint density at radius 3 is 2.48 bits per heavy atom. The highest BCUT2D eigenvalue weighted by atomic mass is 32.2. The van der Waals surface area contributed by atoms with Crippen LogP contribution in [0.5, 0.6) is 5.75 Å².